The zero-order valence-electron chi connectivity index (χ0n) is 23.9. The molecule has 0 saturated carbocycles. The molecule has 8 heteroatoms. The Hall–Kier alpha value is -5.14. The minimum Gasteiger partial charge on any atom is -0.485 e. The van der Waals surface area contributed by atoms with Crippen LogP contribution in [0.3, 0.4) is 0 Å². The molecule has 1 N–H and O–H groups in total. The highest BCUT2D eigenvalue weighted by Gasteiger charge is 2.17. The average Bonchev–Trinajstić information content (AvgIpc) is 3.30. The highest BCUT2D eigenvalue weighted by atomic mass is 35.5. The summed E-state index contributed by atoms with van der Waals surface area (Å²) in [6.07, 6.45) is 3.27. The van der Waals surface area contributed by atoms with Gasteiger partial charge in [0, 0.05) is 16.4 Å². The number of aromatic nitrogens is 3. The van der Waals surface area contributed by atoms with Crippen molar-refractivity contribution in [2.75, 3.05) is 5.43 Å². The number of ether oxygens (including phenoxy) is 2. The lowest BCUT2D eigenvalue weighted by molar-refractivity contribution is 0.256. The number of hydrogen-bond donors (Lipinski definition) is 1. The summed E-state index contributed by atoms with van der Waals surface area (Å²) in [5.74, 6) is 1.92. The van der Waals surface area contributed by atoms with Crippen molar-refractivity contribution >= 4 is 34.7 Å². The molecule has 214 valence electrons. The summed E-state index contributed by atoms with van der Waals surface area (Å²) in [4.78, 5) is 9.08. The molecule has 0 aliphatic carbocycles. The molecule has 0 bridgehead atoms. The van der Waals surface area contributed by atoms with Gasteiger partial charge in [0.1, 0.15) is 19.5 Å². The first-order valence-electron chi connectivity index (χ1n) is 13.9. The number of anilines is 1. The molecule has 0 aliphatic heterocycles. The topological polar surface area (TPSA) is 73.6 Å². The Balaban J connectivity index is 1.25. The van der Waals surface area contributed by atoms with Crippen molar-refractivity contribution < 1.29 is 9.47 Å². The minimum absolute atomic E-state index is 0.419. The Morgan fingerprint density at radius 2 is 1.49 bits per heavy atom. The Kier molecular flexibility index (Phi) is 8.33. The maximum atomic E-state index is 6.29. The van der Waals surface area contributed by atoms with E-state index in [9.17, 15) is 0 Å². The van der Waals surface area contributed by atoms with Gasteiger partial charge in [-0.15, -0.1) is 0 Å². The summed E-state index contributed by atoms with van der Waals surface area (Å²) in [5.41, 5.74) is 9.95. The van der Waals surface area contributed by atoms with Gasteiger partial charge in [0.05, 0.1) is 11.6 Å². The SMILES string of the molecule is Cc1c(C)n(-c2cccc(Cl)c2)c2ncnc(NN=Cc3ccc(OCc4ccccc4)c(OCc4ccccc4)c3)c12. The number of nitrogens with one attached hydrogen (secondary N) is 1. The van der Waals surface area contributed by atoms with Crippen LogP contribution in [-0.4, -0.2) is 20.7 Å². The third kappa shape index (κ3) is 6.37. The van der Waals surface area contributed by atoms with Crippen molar-refractivity contribution in [1.82, 2.24) is 14.5 Å². The lowest BCUT2D eigenvalue weighted by Gasteiger charge is -2.14. The van der Waals surface area contributed by atoms with Crippen molar-refractivity contribution in [3.63, 3.8) is 0 Å². The van der Waals surface area contributed by atoms with Gasteiger partial charge in [-0.3, -0.25) is 9.99 Å². The van der Waals surface area contributed by atoms with Gasteiger partial charge >= 0.3 is 0 Å². The summed E-state index contributed by atoms with van der Waals surface area (Å²) in [5, 5.41) is 6.08. The number of hydrogen-bond acceptors (Lipinski definition) is 6. The first-order valence-corrected chi connectivity index (χ1v) is 14.3. The molecule has 43 heavy (non-hydrogen) atoms. The lowest BCUT2D eigenvalue weighted by Crippen LogP contribution is -2.02. The maximum Gasteiger partial charge on any atom is 0.162 e. The van der Waals surface area contributed by atoms with E-state index in [-0.39, 0.29) is 0 Å². The largest absolute Gasteiger partial charge is 0.485 e. The quantitative estimate of drug-likeness (QED) is 0.129. The average molecular weight is 588 g/mol. The van der Waals surface area contributed by atoms with E-state index in [2.05, 4.69) is 38.9 Å². The second-order valence-corrected chi connectivity index (χ2v) is 10.5. The number of rotatable bonds is 10. The summed E-state index contributed by atoms with van der Waals surface area (Å²) in [6.45, 7) is 4.97. The van der Waals surface area contributed by atoms with Crippen molar-refractivity contribution in [3.8, 4) is 17.2 Å². The van der Waals surface area contributed by atoms with E-state index in [1.165, 1.54) is 6.33 Å². The third-order valence-corrected chi connectivity index (χ3v) is 7.42. The molecular weight excluding hydrogens is 558 g/mol. The fourth-order valence-corrected chi connectivity index (χ4v) is 5.07. The number of fused-ring (bicyclic) bond motifs is 1. The van der Waals surface area contributed by atoms with Crippen LogP contribution in [0.5, 0.6) is 11.5 Å². The van der Waals surface area contributed by atoms with E-state index >= 15 is 0 Å². The molecule has 6 rings (SSSR count). The highest BCUT2D eigenvalue weighted by molar-refractivity contribution is 6.30. The predicted octanol–water partition coefficient (Wildman–Crippen LogP) is 8.29. The lowest BCUT2D eigenvalue weighted by atomic mass is 10.2. The van der Waals surface area contributed by atoms with E-state index in [1.54, 1.807) is 6.21 Å². The summed E-state index contributed by atoms with van der Waals surface area (Å²) in [6, 6.07) is 33.6. The Morgan fingerprint density at radius 1 is 0.791 bits per heavy atom. The molecule has 0 spiro atoms. The summed E-state index contributed by atoms with van der Waals surface area (Å²) >= 11 is 6.29. The molecule has 0 saturated heterocycles. The molecule has 7 nitrogen and oxygen atoms in total. The number of aryl methyl sites for hydroxylation is 1. The first-order chi connectivity index (χ1) is 21.1. The minimum atomic E-state index is 0.419. The number of benzene rings is 4. The molecule has 0 unspecified atom stereocenters. The summed E-state index contributed by atoms with van der Waals surface area (Å²) < 4.78 is 14.4. The van der Waals surface area contributed by atoms with Crippen LogP contribution in [0.2, 0.25) is 5.02 Å². The molecule has 0 amide bonds. The monoisotopic (exact) mass is 587 g/mol. The molecule has 4 aromatic carbocycles. The standard InChI is InChI=1S/C35H30ClN5O2/c1-24-25(2)41(30-15-9-14-29(36)19-30)35-33(24)34(37-23-38-35)40-39-20-28-16-17-31(42-21-26-10-5-3-6-11-26)32(18-28)43-22-27-12-7-4-8-13-27/h3-20,23H,21-22H2,1-2H3,(H,37,38,40). The van der Waals surface area contributed by atoms with Crippen LogP contribution in [0.25, 0.3) is 16.7 Å². The van der Waals surface area contributed by atoms with E-state index in [4.69, 9.17) is 21.1 Å². The van der Waals surface area contributed by atoms with Gasteiger partial charge in [-0.1, -0.05) is 78.3 Å². The number of nitrogens with zero attached hydrogens (tertiary/aromatic N) is 4. The second kappa shape index (κ2) is 12.8. The van der Waals surface area contributed by atoms with Crippen LogP contribution in [-0.2, 0) is 13.2 Å². The normalized spacial score (nSPS) is 11.2. The Morgan fingerprint density at radius 3 is 2.19 bits per heavy atom. The molecule has 0 atom stereocenters. The van der Waals surface area contributed by atoms with Crippen molar-refractivity contribution in [3.05, 3.63) is 142 Å². The zero-order chi connectivity index (χ0) is 29.6. The second-order valence-electron chi connectivity index (χ2n) is 10.1. The summed E-state index contributed by atoms with van der Waals surface area (Å²) in [7, 11) is 0. The molecule has 2 aromatic heterocycles. The molecule has 0 fully saturated rings. The zero-order valence-corrected chi connectivity index (χ0v) is 24.6. The van der Waals surface area contributed by atoms with E-state index in [0.29, 0.717) is 35.6 Å². The van der Waals surface area contributed by atoms with Crippen LogP contribution in [0, 0.1) is 13.8 Å². The van der Waals surface area contributed by atoms with Gasteiger partial charge in [0.25, 0.3) is 0 Å². The van der Waals surface area contributed by atoms with Crippen molar-refractivity contribution in [2.45, 2.75) is 27.1 Å². The smallest absolute Gasteiger partial charge is 0.162 e. The van der Waals surface area contributed by atoms with Gasteiger partial charge in [-0.05, 0) is 72.5 Å². The fourth-order valence-electron chi connectivity index (χ4n) is 4.89. The van der Waals surface area contributed by atoms with Crippen molar-refractivity contribution in [2.24, 2.45) is 5.10 Å². The number of halogens is 1. The van der Waals surface area contributed by atoms with Gasteiger partial charge in [-0.25, -0.2) is 9.97 Å². The predicted molar refractivity (Wildman–Crippen MR) is 173 cm³/mol. The molecular formula is C35H30ClN5O2. The fraction of sp³-hybridized carbons (Fsp3) is 0.114. The van der Waals surface area contributed by atoms with Crippen LogP contribution < -0.4 is 14.9 Å². The van der Waals surface area contributed by atoms with Gasteiger partial charge in [0.2, 0.25) is 0 Å². The van der Waals surface area contributed by atoms with Crippen LogP contribution >= 0.6 is 11.6 Å². The number of hydrazone groups is 1. The molecule has 0 radical (unpaired) electrons. The van der Waals surface area contributed by atoms with Gasteiger partial charge in [-0.2, -0.15) is 5.10 Å². The Labute approximate surface area is 255 Å². The molecule has 6 aromatic rings. The van der Waals surface area contributed by atoms with Gasteiger partial charge in [0.15, 0.2) is 23.0 Å². The highest BCUT2D eigenvalue weighted by Crippen LogP contribution is 2.32. The Bertz CT molecular complexity index is 1890. The van der Waals surface area contributed by atoms with Crippen LogP contribution in [0.1, 0.15) is 27.9 Å². The van der Waals surface area contributed by atoms with Crippen molar-refractivity contribution in [1.29, 1.82) is 0 Å². The molecule has 0 aliphatic rings. The van der Waals surface area contributed by atoms with Crippen LogP contribution in [0.15, 0.2) is 115 Å². The van der Waals surface area contributed by atoms with Crippen LogP contribution in [0.4, 0.5) is 5.82 Å². The molecule has 2 heterocycles. The first kappa shape index (κ1) is 28.0. The van der Waals surface area contributed by atoms with E-state index in [1.807, 2.05) is 103 Å². The third-order valence-electron chi connectivity index (χ3n) is 7.18. The maximum absolute atomic E-state index is 6.29. The van der Waals surface area contributed by atoms with E-state index in [0.717, 1.165) is 44.7 Å². The van der Waals surface area contributed by atoms with Gasteiger partial charge < -0.3 is 9.47 Å². The van der Waals surface area contributed by atoms with E-state index < -0.39 is 0 Å².